The van der Waals surface area contributed by atoms with Crippen molar-refractivity contribution >= 4 is 44.9 Å². The van der Waals surface area contributed by atoms with E-state index in [0.29, 0.717) is 11.1 Å². The number of rotatable bonds is 5. The van der Waals surface area contributed by atoms with Crippen molar-refractivity contribution in [2.45, 2.75) is 19.0 Å². The molecule has 0 spiro atoms. The van der Waals surface area contributed by atoms with Gasteiger partial charge in [-0.2, -0.15) is 8.42 Å². The van der Waals surface area contributed by atoms with Crippen LogP contribution in [0.25, 0.3) is 17.0 Å². The standard InChI is InChI=1S/C22H21N3O6S.H3N/c1-23-22(27)19-11-14-6-8-17(24-32(28,29)30)10-16(14)12-25(19)21(26)9-7-15-13-31-20-5-3-2-4-18(15)20;/h2-10,13,19,24H,11-12H2,1H3,(H,23,27)(H,28,29,30);1H3/b9-7+;/t19-;/m0./s1. The number of amides is 2. The van der Waals surface area contributed by atoms with Crippen LogP contribution in [0.15, 0.2) is 59.2 Å². The van der Waals surface area contributed by atoms with Gasteiger partial charge < -0.3 is 20.8 Å². The predicted molar refractivity (Wildman–Crippen MR) is 124 cm³/mol. The summed E-state index contributed by atoms with van der Waals surface area (Å²) in [5.74, 6) is -0.672. The van der Waals surface area contributed by atoms with E-state index in [4.69, 9.17) is 8.97 Å². The monoisotopic (exact) mass is 472 g/mol. The molecular formula is C22H24N4O6S. The average molecular weight is 473 g/mol. The number of nitrogens with zero attached hydrogens (tertiary/aromatic N) is 1. The molecule has 0 saturated carbocycles. The van der Waals surface area contributed by atoms with Crippen molar-refractivity contribution in [3.8, 4) is 0 Å². The number of carbonyl (C=O) groups excluding carboxylic acids is 2. The molecule has 1 aromatic heterocycles. The molecule has 0 aliphatic carbocycles. The van der Waals surface area contributed by atoms with E-state index in [-0.39, 0.29) is 36.6 Å². The zero-order chi connectivity index (χ0) is 22.9. The third kappa shape index (κ3) is 5.22. The molecule has 10 nitrogen and oxygen atoms in total. The lowest BCUT2D eigenvalue weighted by Crippen LogP contribution is -2.51. The van der Waals surface area contributed by atoms with Gasteiger partial charge in [-0.05, 0) is 35.4 Å². The maximum absolute atomic E-state index is 13.1. The van der Waals surface area contributed by atoms with E-state index in [9.17, 15) is 18.0 Å². The first-order valence-electron chi connectivity index (χ1n) is 9.78. The van der Waals surface area contributed by atoms with Crippen LogP contribution in [0.3, 0.4) is 0 Å². The number of carbonyl (C=O) groups is 2. The summed E-state index contributed by atoms with van der Waals surface area (Å²) < 4.78 is 38.8. The van der Waals surface area contributed by atoms with Gasteiger partial charge in [0.1, 0.15) is 11.6 Å². The molecule has 0 unspecified atom stereocenters. The van der Waals surface area contributed by atoms with Gasteiger partial charge in [0.05, 0.1) is 12.0 Å². The second-order valence-electron chi connectivity index (χ2n) is 7.38. The average Bonchev–Trinajstić information content (AvgIpc) is 3.18. The fourth-order valence-corrected chi connectivity index (χ4v) is 4.24. The molecule has 1 aliphatic heterocycles. The molecule has 6 N–H and O–H groups in total. The molecule has 11 heteroatoms. The van der Waals surface area contributed by atoms with Gasteiger partial charge in [0.25, 0.3) is 0 Å². The van der Waals surface area contributed by atoms with Crippen LogP contribution in [0.5, 0.6) is 0 Å². The van der Waals surface area contributed by atoms with E-state index < -0.39 is 16.3 Å². The maximum atomic E-state index is 13.1. The first-order valence-corrected chi connectivity index (χ1v) is 11.2. The molecule has 3 aromatic rings. The van der Waals surface area contributed by atoms with Crippen molar-refractivity contribution in [2.24, 2.45) is 0 Å². The first kappa shape index (κ1) is 24.0. The lowest BCUT2D eigenvalue weighted by atomic mass is 9.92. The van der Waals surface area contributed by atoms with Crippen LogP contribution < -0.4 is 16.2 Å². The summed E-state index contributed by atoms with van der Waals surface area (Å²) in [6.45, 7) is 0.101. The smallest absolute Gasteiger partial charge is 0.357 e. The van der Waals surface area contributed by atoms with Crippen LogP contribution in [0, 0.1) is 0 Å². The van der Waals surface area contributed by atoms with Crippen LogP contribution in [0.4, 0.5) is 5.69 Å². The lowest BCUT2D eigenvalue weighted by Gasteiger charge is -2.35. The summed E-state index contributed by atoms with van der Waals surface area (Å²) in [6, 6.07) is 11.4. The van der Waals surface area contributed by atoms with E-state index in [1.165, 1.54) is 30.2 Å². The Labute approximate surface area is 190 Å². The highest BCUT2D eigenvalue weighted by molar-refractivity contribution is 7.87. The Morgan fingerprint density at radius 2 is 1.94 bits per heavy atom. The van der Waals surface area contributed by atoms with E-state index in [1.807, 2.05) is 29.0 Å². The highest BCUT2D eigenvalue weighted by Gasteiger charge is 2.33. The summed E-state index contributed by atoms with van der Waals surface area (Å²) in [5.41, 5.74) is 3.09. The zero-order valence-corrected chi connectivity index (χ0v) is 18.6. The number of hydrogen-bond acceptors (Lipinski definition) is 6. The summed E-state index contributed by atoms with van der Waals surface area (Å²) in [4.78, 5) is 27.0. The number of benzene rings is 2. The van der Waals surface area contributed by atoms with Crippen LogP contribution in [-0.4, -0.2) is 42.8 Å². The molecule has 4 rings (SSSR count). The molecule has 1 aliphatic rings. The van der Waals surface area contributed by atoms with Crippen molar-refractivity contribution in [1.82, 2.24) is 16.4 Å². The second-order valence-corrected chi connectivity index (χ2v) is 8.54. The number of nitrogens with one attached hydrogen (secondary N) is 2. The van der Waals surface area contributed by atoms with Crippen LogP contribution in [-0.2, 0) is 32.9 Å². The van der Waals surface area contributed by atoms with E-state index in [2.05, 4.69) is 5.32 Å². The molecule has 0 saturated heterocycles. The summed E-state index contributed by atoms with van der Waals surface area (Å²) in [6.07, 6.45) is 4.86. The normalized spacial score (nSPS) is 15.7. The van der Waals surface area contributed by atoms with Gasteiger partial charge in [-0.25, -0.2) is 0 Å². The topological polar surface area (TPSA) is 164 Å². The predicted octanol–water partition coefficient (Wildman–Crippen LogP) is 2.52. The van der Waals surface area contributed by atoms with E-state index in [0.717, 1.165) is 16.5 Å². The number of fused-ring (bicyclic) bond motifs is 2. The number of hydrogen-bond donors (Lipinski definition) is 4. The molecule has 0 fully saturated rings. The van der Waals surface area contributed by atoms with Crippen LogP contribution >= 0.6 is 0 Å². The van der Waals surface area contributed by atoms with Gasteiger partial charge in [-0.3, -0.25) is 18.9 Å². The Kier molecular flexibility index (Phi) is 6.86. The van der Waals surface area contributed by atoms with Crippen molar-refractivity contribution in [2.75, 3.05) is 11.8 Å². The summed E-state index contributed by atoms with van der Waals surface area (Å²) in [5, 5.41) is 3.46. The van der Waals surface area contributed by atoms with E-state index >= 15 is 0 Å². The SMILES string of the molecule is CNC(=O)[C@@H]1Cc2ccc(NS(=O)(=O)O)cc2CN1C(=O)/C=C/c1coc2ccccc12.N. The van der Waals surface area contributed by atoms with Crippen molar-refractivity contribution in [1.29, 1.82) is 0 Å². The fourth-order valence-electron chi connectivity index (χ4n) is 3.81. The van der Waals surface area contributed by atoms with Crippen molar-refractivity contribution < 1.29 is 27.0 Å². The molecule has 33 heavy (non-hydrogen) atoms. The summed E-state index contributed by atoms with van der Waals surface area (Å²) >= 11 is 0. The Balaban J connectivity index is 0.00000306. The maximum Gasteiger partial charge on any atom is 0.357 e. The van der Waals surface area contributed by atoms with Gasteiger partial charge in [0.2, 0.25) is 11.8 Å². The molecular weight excluding hydrogens is 448 g/mol. The second kappa shape index (κ2) is 9.45. The Bertz CT molecular complexity index is 1330. The van der Waals surface area contributed by atoms with Gasteiger partial charge >= 0.3 is 10.3 Å². The molecule has 2 aromatic carbocycles. The minimum Gasteiger partial charge on any atom is -0.464 e. The number of furan rings is 1. The molecule has 1 atom stereocenters. The Morgan fingerprint density at radius 3 is 2.67 bits per heavy atom. The first-order chi connectivity index (χ1) is 15.2. The fraction of sp³-hybridized carbons (Fsp3) is 0.182. The highest BCUT2D eigenvalue weighted by Crippen LogP contribution is 2.28. The molecule has 174 valence electrons. The minimum atomic E-state index is -4.43. The van der Waals surface area contributed by atoms with Gasteiger partial charge in [0, 0.05) is 37.0 Å². The molecule has 2 amide bonds. The number of para-hydroxylation sites is 1. The van der Waals surface area contributed by atoms with Gasteiger partial charge in [-0.15, -0.1) is 0 Å². The molecule has 2 heterocycles. The van der Waals surface area contributed by atoms with Crippen LogP contribution in [0.2, 0.25) is 0 Å². The summed E-state index contributed by atoms with van der Waals surface area (Å²) in [7, 11) is -2.92. The number of likely N-dealkylation sites (N-methyl/N-ethyl adjacent to an activating group) is 1. The zero-order valence-electron chi connectivity index (χ0n) is 17.8. The number of anilines is 1. The third-order valence-corrected chi connectivity index (χ3v) is 5.83. The largest absolute Gasteiger partial charge is 0.464 e. The van der Waals surface area contributed by atoms with Crippen molar-refractivity contribution in [3.05, 3.63) is 71.5 Å². The minimum absolute atomic E-state index is 0. The molecule has 0 bridgehead atoms. The third-order valence-electron chi connectivity index (χ3n) is 5.33. The van der Waals surface area contributed by atoms with Gasteiger partial charge in [0.15, 0.2) is 0 Å². The quantitative estimate of drug-likeness (QED) is 0.327. The Morgan fingerprint density at radius 1 is 1.18 bits per heavy atom. The molecule has 0 radical (unpaired) electrons. The van der Waals surface area contributed by atoms with E-state index in [1.54, 1.807) is 18.4 Å². The van der Waals surface area contributed by atoms with Gasteiger partial charge in [-0.1, -0.05) is 24.3 Å². The Hall–Kier alpha value is -3.67. The lowest BCUT2D eigenvalue weighted by molar-refractivity contribution is -0.138. The van der Waals surface area contributed by atoms with Crippen LogP contribution in [0.1, 0.15) is 16.7 Å². The van der Waals surface area contributed by atoms with Crippen molar-refractivity contribution in [3.63, 3.8) is 0 Å². The highest BCUT2D eigenvalue weighted by atomic mass is 32.2.